The van der Waals surface area contributed by atoms with Crippen LogP contribution < -0.4 is 9.47 Å². The molecule has 0 fully saturated rings. The maximum atomic E-state index is 11.2. The van der Waals surface area contributed by atoms with Crippen molar-refractivity contribution in [2.45, 2.75) is 17.6 Å². The van der Waals surface area contributed by atoms with Crippen LogP contribution in [0, 0.1) is 13.5 Å². The number of aliphatic hydroxyl groups is 2. The quantitative estimate of drug-likeness (QED) is 0.111. The Labute approximate surface area is 266 Å². The fourth-order valence-corrected chi connectivity index (χ4v) is 5.30. The summed E-state index contributed by atoms with van der Waals surface area (Å²) in [6, 6.07) is 32.7. The van der Waals surface area contributed by atoms with E-state index >= 15 is 0 Å². The molecule has 0 aliphatic heterocycles. The van der Waals surface area contributed by atoms with Crippen LogP contribution in [0.25, 0.3) is 11.1 Å². The number of esters is 1. The van der Waals surface area contributed by atoms with Gasteiger partial charge in [-0.3, -0.25) is 6.58 Å². The molecule has 7 nitrogen and oxygen atoms in total. The molecule has 8 heteroatoms. The molecule has 0 spiro atoms. The SMILES string of the molecule is C=CC(=O)OCC(O)COc1ccc(C2(c3ccc(OCC([CH2-])O)cc3)c3ccccc3-c3ccccc32)cc1.[CH-]=C.[O]=[Co]. The summed E-state index contributed by atoms with van der Waals surface area (Å²) < 4.78 is 24.3. The van der Waals surface area contributed by atoms with Gasteiger partial charge in [-0.25, -0.2) is 4.79 Å². The van der Waals surface area contributed by atoms with Gasteiger partial charge >= 0.3 is 25.5 Å². The van der Waals surface area contributed by atoms with E-state index in [0.29, 0.717) is 11.5 Å². The molecular weight excluding hydrogens is 603 g/mol. The molecule has 231 valence electrons. The molecule has 0 amide bonds. The van der Waals surface area contributed by atoms with Crippen LogP contribution in [-0.4, -0.2) is 48.2 Å². The van der Waals surface area contributed by atoms with Gasteiger partial charge in [-0.05, 0) is 63.8 Å². The Morgan fingerprint density at radius 1 is 0.773 bits per heavy atom. The first-order valence-electron chi connectivity index (χ1n) is 13.6. The van der Waals surface area contributed by atoms with Gasteiger partial charge < -0.3 is 37.9 Å². The molecule has 2 unspecified atom stereocenters. The Morgan fingerprint density at radius 3 is 1.64 bits per heavy atom. The summed E-state index contributed by atoms with van der Waals surface area (Å²) in [6.07, 6.45) is -0.716. The summed E-state index contributed by atoms with van der Waals surface area (Å²) in [5.74, 6) is 0.649. The van der Waals surface area contributed by atoms with Gasteiger partial charge in [0.2, 0.25) is 0 Å². The zero-order valence-electron chi connectivity index (χ0n) is 24.1. The Morgan fingerprint density at radius 2 is 1.20 bits per heavy atom. The van der Waals surface area contributed by atoms with Gasteiger partial charge in [0.25, 0.3) is 0 Å². The van der Waals surface area contributed by atoms with E-state index in [2.05, 4.69) is 103 Å². The topological polar surface area (TPSA) is 102 Å². The Hall–Kier alpha value is -4.34. The van der Waals surface area contributed by atoms with E-state index in [-0.39, 0.29) is 19.8 Å². The minimum atomic E-state index is -0.964. The molecular formula is C36H34CoO7-2. The third-order valence-corrected chi connectivity index (χ3v) is 7.00. The van der Waals surface area contributed by atoms with Crippen LogP contribution in [-0.2, 0) is 34.5 Å². The molecule has 0 saturated heterocycles. The summed E-state index contributed by atoms with van der Waals surface area (Å²) in [7, 11) is 0. The van der Waals surface area contributed by atoms with Crippen LogP contribution in [0.4, 0.5) is 0 Å². The molecule has 1 aliphatic rings. The minimum absolute atomic E-state index is 0.0238. The van der Waals surface area contributed by atoms with Crippen molar-refractivity contribution in [2.75, 3.05) is 19.8 Å². The van der Waals surface area contributed by atoms with Crippen molar-refractivity contribution < 1.29 is 48.8 Å². The zero-order valence-corrected chi connectivity index (χ0v) is 25.1. The molecule has 0 heterocycles. The third-order valence-electron chi connectivity index (χ3n) is 7.00. The van der Waals surface area contributed by atoms with E-state index in [4.69, 9.17) is 18.1 Å². The van der Waals surface area contributed by atoms with Gasteiger partial charge in [-0.1, -0.05) is 79.4 Å². The molecule has 2 N–H and O–H groups in total. The fourth-order valence-electron chi connectivity index (χ4n) is 5.30. The van der Waals surface area contributed by atoms with Crippen LogP contribution in [0.5, 0.6) is 11.5 Å². The molecule has 44 heavy (non-hydrogen) atoms. The van der Waals surface area contributed by atoms with Crippen LogP contribution in [0.2, 0.25) is 0 Å². The number of fused-ring (bicyclic) bond motifs is 3. The summed E-state index contributed by atoms with van der Waals surface area (Å²) in [6.45, 7) is 13.8. The maximum absolute atomic E-state index is 11.2. The van der Waals surface area contributed by atoms with Crippen molar-refractivity contribution in [3.8, 4) is 22.6 Å². The van der Waals surface area contributed by atoms with E-state index in [1.807, 2.05) is 36.4 Å². The van der Waals surface area contributed by atoms with Crippen molar-refractivity contribution in [3.63, 3.8) is 0 Å². The van der Waals surface area contributed by atoms with Gasteiger partial charge in [0.1, 0.15) is 30.8 Å². The van der Waals surface area contributed by atoms with E-state index < -0.39 is 23.6 Å². The molecule has 2 atom stereocenters. The van der Waals surface area contributed by atoms with Crippen LogP contribution in [0.1, 0.15) is 22.3 Å². The van der Waals surface area contributed by atoms with Crippen molar-refractivity contribution in [1.29, 1.82) is 0 Å². The zero-order chi connectivity index (χ0) is 32.1. The molecule has 0 saturated carbocycles. The van der Waals surface area contributed by atoms with Gasteiger partial charge in [0.05, 0.1) is 12.0 Å². The number of carbonyl (C=O) groups excluding carboxylic acids is 1. The van der Waals surface area contributed by atoms with E-state index in [1.54, 1.807) is 0 Å². The molecule has 0 aromatic heterocycles. The summed E-state index contributed by atoms with van der Waals surface area (Å²) >= 11 is 2.31. The van der Waals surface area contributed by atoms with Crippen LogP contribution in [0.15, 0.2) is 116 Å². The Kier molecular flexibility index (Phi) is 12.8. The number of benzene rings is 4. The molecule has 0 radical (unpaired) electrons. The predicted molar refractivity (Wildman–Crippen MR) is 164 cm³/mol. The second kappa shape index (κ2) is 16.5. The Balaban J connectivity index is 0.00000127. The fraction of sp³-hybridized carbons (Fsp3) is 0.167. The summed E-state index contributed by atoms with van der Waals surface area (Å²) in [5.41, 5.74) is 6.23. The van der Waals surface area contributed by atoms with Crippen molar-refractivity contribution in [1.82, 2.24) is 0 Å². The first-order chi connectivity index (χ1) is 21.4. The van der Waals surface area contributed by atoms with Gasteiger partial charge in [-0.2, -0.15) is 0 Å². The number of ether oxygens (including phenoxy) is 3. The van der Waals surface area contributed by atoms with E-state index in [9.17, 15) is 15.0 Å². The predicted octanol–water partition coefficient (Wildman–Crippen LogP) is 5.58. The molecule has 4 aromatic carbocycles. The summed E-state index contributed by atoms with van der Waals surface area (Å²) in [4.78, 5) is 11.2. The Bertz CT molecular complexity index is 1470. The number of hydrogen-bond donors (Lipinski definition) is 2. The van der Waals surface area contributed by atoms with Crippen molar-refractivity contribution >= 4 is 5.97 Å². The molecule has 4 aromatic rings. The monoisotopic (exact) mass is 637 g/mol. The first kappa shape index (κ1) is 34.2. The second-order valence-electron chi connectivity index (χ2n) is 9.65. The number of aliphatic hydroxyl groups excluding tert-OH is 2. The van der Waals surface area contributed by atoms with Gasteiger partial charge in [0.15, 0.2) is 0 Å². The normalized spacial score (nSPS) is 13.3. The molecule has 1 aliphatic carbocycles. The number of hydrogen-bond acceptors (Lipinski definition) is 7. The molecule has 0 bridgehead atoms. The van der Waals surface area contributed by atoms with Crippen LogP contribution >= 0.6 is 0 Å². The number of rotatable bonds is 11. The average molecular weight is 638 g/mol. The number of carbonyl (C=O) groups is 1. The van der Waals surface area contributed by atoms with Crippen LogP contribution in [0.3, 0.4) is 0 Å². The third kappa shape index (κ3) is 7.41. The average Bonchev–Trinajstić information content (AvgIpc) is 3.38. The standard InChI is InChI=1S/C34H31O6.C2H3.Co.O/c1-3-33(37)40-22-26(36)21-39-28-18-14-25(15-19-28)34(24-12-16-27(17-13-24)38-20-23(2)35)31-10-6-4-8-29(31)30-9-5-7-11-32(30)34;1-2;;/h3-19,23,26,35-36H,1-2,20-22H2;1H,2H2;;/q2*-1;;. The second-order valence-corrected chi connectivity index (χ2v) is 9.65. The van der Waals surface area contributed by atoms with Gasteiger partial charge in [0, 0.05) is 6.08 Å². The molecule has 5 rings (SSSR count). The summed E-state index contributed by atoms with van der Waals surface area (Å²) in [5, 5.41) is 19.6. The first-order valence-corrected chi connectivity index (χ1v) is 14.0. The van der Waals surface area contributed by atoms with E-state index in [0.717, 1.165) is 17.2 Å². The van der Waals surface area contributed by atoms with Crippen molar-refractivity contribution in [2.24, 2.45) is 0 Å². The van der Waals surface area contributed by atoms with Gasteiger partial charge in [-0.15, -0.1) is 0 Å². The van der Waals surface area contributed by atoms with E-state index in [1.165, 1.54) is 22.3 Å². The van der Waals surface area contributed by atoms with Crippen molar-refractivity contribution in [3.05, 3.63) is 152 Å².